The molecule has 0 fully saturated rings. The van der Waals surface area contributed by atoms with Gasteiger partial charge in [-0.05, 0) is 90.5 Å². The van der Waals surface area contributed by atoms with E-state index in [1.54, 1.807) is 60.3 Å². The van der Waals surface area contributed by atoms with Crippen molar-refractivity contribution in [2.24, 2.45) is 0 Å². The van der Waals surface area contributed by atoms with Crippen LogP contribution in [0.2, 0.25) is 0 Å². The van der Waals surface area contributed by atoms with Crippen LogP contribution in [-0.2, 0) is 15.3 Å². The number of ketones is 1. The van der Waals surface area contributed by atoms with E-state index in [1.165, 1.54) is 0 Å². The van der Waals surface area contributed by atoms with Gasteiger partial charge in [0.25, 0.3) is 0 Å². The lowest BCUT2D eigenvalue weighted by Gasteiger charge is -2.05. The molecule has 0 unspecified atom stereocenters. The topological polar surface area (TPSA) is 69.7 Å². The normalized spacial score (nSPS) is 10.0. The van der Waals surface area contributed by atoms with Gasteiger partial charge in [-0.25, -0.2) is 9.59 Å². The summed E-state index contributed by atoms with van der Waals surface area (Å²) in [6.07, 6.45) is 2.21. The minimum atomic E-state index is -0.556. The highest BCUT2D eigenvalue weighted by atomic mass is 32.2. The zero-order valence-corrected chi connectivity index (χ0v) is 22.3. The quantitative estimate of drug-likeness (QED) is 0.0577. The molecule has 0 aliphatic heterocycles. The third-order valence-electron chi connectivity index (χ3n) is 5.57. The van der Waals surface area contributed by atoms with Crippen molar-refractivity contribution < 1.29 is 23.9 Å². The van der Waals surface area contributed by atoms with Crippen LogP contribution in [-0.4, -0.2) is 17.7 Å². The third kappa shape index (κ3) is 7.94. The smallest absolute Gasteiger partial charge is 0.335 e. The van der Waals surface area contributed by atoms with Gasteiger partial charge in [0.15, 0.2) is 5.78 Å². The van der Waals surface area contributed by atoms with Crippen LogP contribution in [0, 0.1) is 11.8 Å². The van der Waals surface area contributed by atoms with E-state index in [2.05, 4.69) is 25.0 Å². The first kappa shape index (κ1) is 27.9. The van der Waals surface area contributed by atoms with Gasteiger partial charge in [0.05, 0.1) is 0 Å². The van der Waals surface area contributed by atoms with Crippen molar-refractivity contribution in [3.05, 3.63) is 150 Å². The van der Waals surface area contributed by atoms with Gasteiger partial charge in [0.1, 0.15) is 11.5 Å². The largest absolute Gasteiger partial charge is 0.423 e. The summed E-state index contributed by atoms with van der Waals surface area (Å²) in [4.78, 5) is 36.4. The number of carbonyl (C=O) groups is 3. The maximum atomic E-state index is 12.8. The van der Waals surface area contributed by atoms with Gasteiger partial charge in [-0.1, -0.05) is 37.1 Å². The molecule has 40 heavy (non-hydrogen) atoms. The van der Waals surface area contributed by atoms with Crippen LogP contribution in [0.15, 0.2) is 127 Å². The van der Waals surface area contributed by atoms with E-state index in [1.807, 2.05) is 48.5 Å². The molecule has 6 heteroatoms. The van der Waals surface area contributed by atoms with Crippen LogP contribution in [0.1, 0.15) is 32.6 Å². The van der Waals surface area contributed by atoms with Gasteiger partial charge in [0, 0.05) is 45.1 Å². The molecule has 5 nitrogen and oxygen atoms in total. The number of hydrogen-bond donors (Lipinski definition) is 0. The van der Waals surface area contributed by atoms with Crippen LogP contribution in [0.25, 0.3) is 0 Å². The Morgan fingerprint density at radius 2 is 1.05 bits per heavy atom. The number of rotatable bonds is 9. The molecule has 0 amide bonds. The van der Waals surface area contributed by atoms with Gasteiger partial charge < -0.3 is 9.47 Å². The fourth-order valence-electron chi connectivity index (χ4n) is 3.46. The van der Waals surface area contributed by atoms with Crippen LogP contribution in [0.5, 0.6) is 11.5 Å². The van der Waals surface area contributed by atoms with E-state index >= 15 is 0 Å². The van der Waals surface area contributed by atoms with Crippen molar-refractivity contribution in [2.75, 3.05) is 0 Å². The van der Waals surface area contributed by atoms with E-state index in [4.69, 9.17) is 9.47 Å². The average molecular weight is 545 g/mol. The minimum absolute atomic E-state index is 0.137. The van der Waals surface area contributed by atoms with Crippen molar-refractivity contribution in [1.82, 2.24) is 0 Å². The Morgan fingerprint density at radius 3 is 1.52 bits per heavy atom. The lowest BCUT2D eigenvalue weighted by molar-refractivity contribution is -0.129. The molecule has 0 radical (unpaired) electrons. The fraction of sp³-hybridized carbons (Fsp3) is 0.0294. The molecule has 4 rings (SSSR count). The minimum Gasteiger partial charge on any atom is -0.423 e. The Bertz CT molecular complexity index is 1590. The van der Waals surface area contributed by atoms with E-state index in [-0.39, 0.29) is 5.78 Å². The summed E-state index contributed by atoms with van der Waals surface area (Å²) in [5, 5.41) is 0. The van der Waals surface area contributed by atoms with Gasteiger partial charge in [-0.3, -0.25) is 4.79 Å². The molecule has 0 heterocycles. The lowest BCUT2D eigenvalue weighted by atomic mass is 10.0. The van der Waals surface area contributed by atoms with Crippen molar-refractivity contribution in [1.29, 1.82) is 0 Å². The maximum Gasteiger partial charge on any atom is 0.335 e. The molecule has 0 saturated heterocycles. The molecule has 4 aromatic rings. The van der Waals surface area contributed by atoms with Crippen LogP contribution >= 0.6 is 11.8 Å². The standard InChI is InChI=1S/C34H24O5S/c1-3-32(35)38-29-17-15-28(16-18-29)34(37)27-13-11-25(12-14-27)6-5-24-7-9-26(10-8-24)23-40-31-21-19-30(20-22-31)39-33(36)4-2/h3-4,7-22H,1-2,23H2. The second kappa shape index (κ2) is 13.6. The number of benzene rings is 4. The van der Waals surface area contributed by atoms with Crippen LogP contribution in [0.3, 0.4) is 0 Å². The maximum absolute atomic E-state index is 12.8. The number of ether oxygens (including phenoxy) is 2. The summed E-state index contributed by atoms with van der Waals surface area (Å²) in [6, 6.07) is 28.9. The zero-order valence-electron chi connectivity index (χ0n) is 21.5. The predicted octanol–water partition coefficient (Wildman–Crippen LogP) is 6.79. The molecule has 0 saturated carbocycles. The number of esters is 2. The van der Waals surface area contributed by atoms with Gasteiger partial charge in [-0.15, -0.1) is 11.8 Å². The molecule has 0 N–H and O–H groups in total. The van der Waals surface area contributed by atoms with Gasteiger partial charge in [-0.2, -0.15) is 0 Å². The molecule has 0 atom stereocenters. The first-order valence-corrected chi connectivity index (χ1v) is 13.2. The van der Waals surface area contributed by atoms with Crippen molar-refractivity contribution in [3.8, 4) is 23.3 Å². The summed E-state index contributed by atoms with van der Waals surface area (Å²) >= 11 is 1.68. The molecule has 0 aliphatic rings. The SMILES string of the molecule is C=CC(=O)Oc1ccc(SCc2ccc(C#Cc3ccc(C(=O)c4ccc(OC(=O)C=C)cc4)cc3)cc2)cc1. The number of hydrogen-bond acceptors (Lipinski definition) is 6. The Labute approximate surface area is 237 Å². The average Bonchev–Trinajstić information content (AvgIpc) is 3.00. The summed E-state index contributed by atoms with van der Waals surface area (Å²) in [5.74, 6) is 6.74. The zero-order chi connectivity index (χ0) is 28.3. The summed E-state index contributed by atoms with van der Waals surface area (Å²) < 4.78 is 10.1. The molecule has 0 bridgehead atoms. The summed E-state index contributed by atoms with van der Waals surface area (Å²) in [6.45, 7) is 6.75. The van der Waals surface area contributed by atoms with E-state index < -0.39 is 11.9 Å². The van der Waals surface area contributed by atoms with Crippen LogP contribution in [0.4, 0.5) is 0 Å². The van der Waals surface area contributed by atoms with E-state index in [0.717, 1.165) is 39.5 Å². The van der Waals surface area contributed by atoms with E-state index in [9.17, 15) is 14.4 Å². The third-order valence-corrected chi connectivity index (χ3v) is 6.65. The Hall–Kier alpha value is -5.12. The fourth-order valence-corrected chi connectivity index (χ4v) is 4.32. The first-order chi connectivity index (χ1) is 19.4. The molecule has 0 aromatic heterocycles. The van der Waals surface area contributed by atoms with Crippen molar-refractivity contribution in [3.63, 3.8) is 0 Å². The lowest BCUT2D eigenvalue weighted by Crippen LogP contribution is -2.04. The molecule has 0 spiro atoms. The summed E-state index contributed by atoms with van der Waals surface area (Å²) in [5.41, 5.74) is 3.87. The Kier molecular flexibility index (Phi) is 9.49. The predicted molar refractivity (Wildman–Crippen MR) is 156 cm³/mol. The van der Waals surface area contributed by atoms with Crippen molar-refractivity contribution >= 4 is 29.5 Å². The van der Waals surface area contributed by atoms with Crippen molar-refractivity contribution in [2.45, 2.75) is 10.6 Å². The highest BCUT2D eigenvalue weighted by molar-refractivity contribution is 7.98. The monoisotopic (exact) mass is 544 g/mol. The molecular weight excluding hydrogens is 520 g/mol. The first-order valence-electron chi connectivity index (χ1n) is 12.2. The summed E-state index contributed by atoms with van der Waals surface area (Å²) in [7, 11) is 0. The molecule has 0 aliphatic carbocycles. The number of carbonyl (C=O) groups excluding carboxylic acids is 3. The van der Waals surface area contributed by atoms with Crippen LogP contribution < -0.4 is 9.47 Å². The molecule has 196 valence electrons. The second-order valence-corrected chi connectivity index (χ2v) is 9.44. The molecule has 4 aromatic carbocycles. The molecular formula is C34H24O5S. The highest BCUT2D eigenvalue weighted by Gasteiger charge is 2.10. The second-order valence-electron chi connectivity index (χ2n) is 8.39. The van der Waals surface area contributed by atoms with Gasteiger partial charge >= 0.3 is 11.9 Å². The Balaban J connectivity index is 1.31. The van der Waals surface area contributed by atoms with Gasteiger partial charge in [0.2, 0.25) is 0 Å². The highest BCUT2D eigenvalue weighted by Crippen LogP contribution is 2.25. The Morgan fingerprint density at radius 1 is 0.625 bits per heavy atom. The van der Waals surface area contributed by atoms with E-state index in [0.29, 0.717) is 22.6 Å². The number of thioether (sulfide) groups is 1.